The molecule has 1 aliphatic heterocycles. The third-order valence-electron chi connectivity index (χ3n) is 10.2. The highest BCUT2D eigenvalue weighted by molar-refractivity contribution is 7.93. The SMILES string of the molecule is CC1C(CN(C)Cc2c3ccccc3cc3ccccc23)OC(c2cccc(NS(=O)(=O)c3cccc4cccnc34)c2)OC1c1ccc(CO)cc1. The molecule has 1 fully saturated rings. The van der Waals surface area contributed by atoms with E-state index in [1.807, 2.05) is 42.5 Å². The maximum absolute atomic E-state index is 13.7. The number of likely N-dealkylation sites (N-methyl/N-ethyl adjacent to an activating group) is 1. The number of aliphatic hydroxyl groups is 1. The summed E-state index contributed by atoms with van der Waals surface area (Å²) >= 11 is 0. The highest BCUT2D eigenvalue weighted by atomic mass is 32.2. The molecule has 1 aromatic heterocycles. The van der Waals surface area contributed by atoms with Crippen LogP contribution in [0.15, 0.2) is 145 Å². The molecule has 1 aliphatic rings. The van der Waals surface area contributed by atoms with Crippen LogP contribution >= 0.6 is 0 Å². The lowest BCUT2D eigenvalue weighted by Crippen LogP contribution is -2.43. The Morgan fingerprint density at radius 1 is 0.755 bits per heavy atom. The Hall–Kier alpha value is -5.16. The Labute approximate surface area is 309 Å². The van der Waals surface area contributed by atoms with E-state index in [-0.39, 0.29) is 29.6 Å². The minimum absolute atomic E-state index is 0.0292. The van der Waals surface area contributed by atoms with Crippen LogP contribution in [0.4, 0.5) is 5.69 Å². The van der Waals surface area contributed by atoms with Gasteiger partial charge in [0.15, 0.2) is 6.29 Å². The highest BCUT2D eigenvalue weighted by Crippen LogP contribution is 2.42. The average Bonchev–Trinajstić information content (AvgIpc) is 3.18. The van der Waals surface area contributed by atoms with E-state index in [9.17, 15) is 13.5 Å². The number of sulfonamides is 1. The van der Waals surface area contributed by atoms with E-state index in [4.69, 9.17) is 9.47 Å². The predicted octanol–water partition coefficient (Wildman–Crippen LogP) is 8.76. The number of hydrogen-bond donors (Lipinski definition) is 2. The second-order valence-corrected chi connectivity index (χ2v) is 15.5. The van der Waals surface area contributed by atoms with Gasteiger partial charge in [0.25, 0.3) is 10.0 Å². The van der Waals surface area contributed by atoms with Crippen molar-refractivity contribution in [1.82, 2.24) is 9.88 Å². The van der Waals surface area contributed by atoms with Gasteiger partial charge in [-0.1, -0.05) is 110 Å². The fourth-order valence-corrected chi connectivity index (χ4v) is 8.73. The molecule has 0 radical (unpaired) electrons. The zero-order valence-electron chi connectivity index (χ0n) is 29.6. The van der Waals surface area contributed by atoms with Gasteiger partial charge in [-0.2, -0.15) is 0 Å². The molecule has 268 valence electrons. The molecule has 0 bridgehead atoms. The van der Waals surface area contributed by atoms with Crippen molar-refractivity contribution in [3.8, 4) is 0 Å². The fourth-order valence-electron chi connectivity index (χ4n) is 7.50. The van der Waals surface area contributed by atoms with E-state index >= 15 is 0 Å². The zero-order chi connectivity index (χ0) is 36.5. The number of ether oxygens (including phenoxy) is 2. The summed E-state index contributed by atoms with van der Waals surface area (Å²) in [5.41, 5.74) is 4.57. The van der Waals surface area contributed by atoms with Crippen LogP contribution in [0.25, 0.3) is 32.4 Å². The van der Waals surface area contributed by atoms with Crippen molar-refractivity contribution in [3.63, 3.8) is 0 Å². The van der Waals surface area contributed by atoms with Crippen molar-refractivity contribution in [2.75, 3.05) is 18.3 Å². The first-order valence-electron chi connectivity index (χ1n) is 17.8. The maximum atomic E-state index is 13.7. The second kappa shape index (κ2) is 14.7. The minimum atomic E-state index is -3.97. The molecule has 2 heterocycles. The smallest absolute Gasteiger partial charge is 0.264 e. The minimum Gasteiger partial charge on any atom is -0.392 e. The van der Waals surface area contributed by atoms with E-state index in [2.05, 4.69) is 83.2 Å². The first-order valence-corrected chi connectivity index (χ1v) is 19.3. The van der Waals surface area contributed by atoms with E-state index in [1.54, 1.807) is 42.6 Å². The van der Waals surface area contributed by atoms with Crippen molar-refractivity contribution < 1.29 is 23.0 Å². The number of aromatic nitrogens is 1. The lowest BCUT2D eigenvalue weighted by atomic mass is 9.89. The summed E-state index contributed by atoms with van der Waals surface area (Å²) in [6.07, 6.45) is 0.270. The Morgan fingerprint density at radius 3 is 2.17 bits per heavy atom. The first-order chi connectivity index (χ1) is 25.8. The summed E-state index contributed by atoms with van der Waals surface area (Å²) in [5, 5.41) is 15.3. The van der Waals surface area contributed by atoms with Gasteiger partial charge >= 0.3 is 0 Å². The summed E-state index contributed by atoms with van der Waals surface area (Å²) in [6.45, 7) is 3.46. The molecule has 7 aromatic rings. The van der Waals surface area contributed by atoms with Gasteiger partial charge < -0.3 is 14.6 Å². The van der Waals surface area contributed by atoms with Gasteiger partial charge in [-0.25, -0.2) is 8.42 Å². The van der Waals surface area contributed by atoms with Gasteiger partial charge in [0.2, 0.25) is 0 Å². The van der Waals surface area contributed by atoms with Crippen LogP contribution in [0.1, 0.15) is 41.6 Å². The van der Waals surface area contributed by atoms with E-state index in [1.165, 1.54) is 27.1 Å². The number of rotatable bonds is 10. The number of hydrogen-bond acceptors (Lipinski definition) is 7. The van der Waals surface area contributed by atoms with Crippen LogP contribution in [0.5, 0.6) is 0 Å². The highest BCUT2D eigenvalue weighted by Gasteiger charge is 2.39. The van der Waals surface area contributed by atoms with Crippen LogP contribution in [0.3, 0.4) is 0 Å². The monoisotopic (exact) mass is 723 g/mol. The lowest BCUT2D eigenvalue weighted by molar-refractivity contribution is -0.276. The van der Waals surface area contributed by atoms with Crippen LogP contribution in [-0.4, -0.2) is 43.1 Å². The molecule has 0 amide bonds. The Bertz CT molecular complexity index is 2470. The number of nitrogens with zero attached hydrogens (tertiary/aromatic N) is 2. The molecule has 2 N–H and O–H groups in total. The molecule has 0 saturated carbocycles. The van der Waals surface area contributed by atoms with Gasteiger partial charge in [0, 0.05) is 41.8 Å². The van der Waals surface area contributed by atoms with Crippen molar-refractivity contribution in [1.29, 1.82) is 0 Å². The number of nitrogens with one attached hydrogen (secondary N) is 1. The van der Waals surface area contributed by atoms with Crippen molar-refractivity contribution in [2.45, 2.75) is 43.5 Å². The zero-order valence-corrected chi connectivity index (χ0v) is 30.4. The summed E-state index contributed by atoms with van der Waals surface area (Å²) in [6, 6.07) is 43.1. The molecule has 8 rings (SSSR count). The number of pyridine rings is 1. The normalized spacial score (nSPS) is 19.2. The number of fused-ring (bicyclic) bond motifs is 3. The quantitative estimate of drug-likeness (QED) is 0.136. The first kappa shape index (κ1) is 34.9. The summed E-state index contributed by atoms with van der Waals surface area (Å²) in [7, 11) is -1.84. The largest absolute Gasteiger partial charge is 0.392 e. The van der Waals surface area contributed by atoms with Gasteiger partial charge in [0.05, 0.1) is 24.3 Å². The van der Waals surface area contributed by atoms with Crippen molar-refractivity contribution in [2.24, 2.45) is 5.92 Å². The molecule has 0 aliphatic carbocycles. The topological polar surface area (TPSA) is 101 Å². The van der Waals surface area contributed by atoms with Crippen LogP contribution in [-0.2, 0) is 32.6 Å². The molecule has 6 aromatic carbocycles. The van der Waals surface area contributed by atoms with Crippen LogP contribution < -0.4 is 4.72 Å². The lowest BCUT2D eigenvalue weighted by Gasteiger charge is -2.42. The van der Waals surface area contributed by atoms with E-state index < -0.39 is 16.3 Å². The third kappa shape index (κ3) is 7.14. The Morgan fingerprint density at radius 2 is 1.43 bits per heavy atom. The molecule has 1 saturated heterocycles. The average molecular weight is 724 g/mol. The Kier molecular flexibility index (Phi) is 9.68. The number of anilines is 1. The van der Waals surface area contributed by atoms with Crippen molar-refractivity contribution >= 4 is 48.2 Å². The maximum Gasteiger partial charge on any atom is 0.264 e. The van der Waals surface area contributed by atoms with Gasteiger partial charge in [-0.15, -0.1) is 0 Å². The number of aliphatic hydroxyl groups excluding tert-OH is 1. The molecular weight excluding hydrogens is 683 g/mol. The standard InChI is InChI=1S/C44H41N3O5S/c1-29-40(27-47(2)26-39-37-16-5-3-10-33(37)24-34-11-4-6-17-38(34)39)51-44(52-43(29)32-21-19-30(28-48)20-22-32)35-13-7-15-36(25-35)46-53(49,50)41-18-8-12-31-14-9-23-45-42(31)41/h3-25,29,40,43-44,46,48H,26-28H2,1-2H3. The summed E-state index contributed by atoms with van der Waals surface area (Å²) < 4.78 is 43.7. The van der Waals surface area contributed by atoms with E-state index in [0.717, 1.165) is 23.1 Å². The summed E-state index contributed by atoms with van der Waals surface area (Å²) in [5.74, 6) is -0.0292. The van der Waals surface area contributed by atoms with Crippen LogP contribution in [0.2, 0.25) is 0 Å². The summed E-state index contributed by atoms with van der Waals surface area (Å²) in [4.78, 5) is 6.76. The second-order valence-electron chi connectivity index (χ2n) is 13.9. The molecule has 53 heavy (non-hydrogen) atoms. The van der Waals surface area contributed by atoms with Crippen molar-refractivity contribution in [3.05, 3.63) is 162 Å². The number of benzene rings is 6. The van der Waals surface area contributed by atoms with Gasteiger partial charge in [-0.05, 0) is 75.6 Å². The molecule has 0 spiro atoms. The molecule has 9 heteroatoms. The Balaban J connectivity index is 1.09. The fraction of sp³-hybridized carbons (Fsp3) is 0.205. The molecule has 8 nitrogen and oxygen atoms in total. The molecular formula is C44H41N3O5S. The number of para-hydroxylation sites is 1. The van der Waals surface area contributed by atoms with Gasteiger partial charge in [0.1, 0.15) is 4.90 Å². The van der Waals surface area contributed by atoms with Gasteiger partial charge in [-0.3, -0.25) is 14.6 Å². The molecule has 4 unspecified atom stereocenters. The van der Waals surface area contributed by atoms with E-state index in [0.29, 0.717) is 23.3 Å². The third-order valence-corrected chi connectivity index (χ3v) is 11.6. The molecule has 4 atom stereocenters. The predicted molar refractivity (Wildman–Crippen MR) is 210 cm³/mol. The van der Waals surface area contributed by atoms with Crippen LogP contribution in [0, 0.1) is 5.92 Å².